The molecular weight excluding hydrogens is 313 g/mol. The van der Waals surface area contributed by atoms with E-state index in [0.29, 0.717) is 0 Å². The van der Waals surface area contributed by atoms with Gasteiger partial charge in [-0.25, -0.2) is 0 Å². The molecule has 0 spiro atoms. The Morgan fingerprint density at radius 1 is 0.688 bits per heavy atom. The van der Waals surface area contributed by atoms with Crippen molar-refractivity contribution in [3.63, 3.8) is 0 Å². The lowest BCUT2D eigenvalue weighted by Gasteiger charge is -1.93. The molecule has 0 aliphatic carbocycles. The second-order valence-electron chi connectivity index (χ2n) is 3.13. The summed E-state index contributed by atoms with van der Waals surface area (Å²) < 4.78 is 0. The van der Waals surface area contributed by atoms with Crippen LogP contribution in [0.5, 0.6) is 0 Å². The molecule has 0 fully saturated rings. The van der Waals surface area contributed by atoms with Crippen molar-refractivity contribution in [2.45, 2.75) is 0 Å². The van der Waals surface area contributed by atoms with Crippen LogP contribution in [0.25, 0.3) is 0 Å². The van der Waals surface area contributed by atoms with Gasteiger partial charge in [0, 0.05) is 5.69 Å². The van der Waals surface area contributed by atoms with Gasteiger partial charge >= 0.3 is 0 Å². The van der Waals surface area contributed by atoms with Crippen molar-refractivity contribution in [1.82, 2.24) is 0 Å². The van der Waals surface area contributed by atoms with Crippen LogP contribution in [0.2, 0.25) is 0 Å². The van der Waals surface area contributed by atoms with E-state index in [0.717, 1.165) is 17.1 Å². The number of nitrogens with zero attached hydrogens (tertiary/aromatic N) is 2. The fourth-order valence-corrected chi connectivity index (χ4v) is 1.15. The minimum absolute atomic E-state index is 0. The molecule has 0 aliphatic rings. The van der Waals surface area contributed by atoms with E-state index in [1.807, 2.05) is 42.5 Å². The van der Waals surface area contributed by atoms with E-state index < -0.39 is 0 Å². The molecule has 0 aromatic heterocycles. The summed E-state index contributed by atoms with van der Waals surface area (Å²) in [6.07, 6.45) is 0. The molecule has 4 heteroatoms. The number of nitrogen functional groups attached to an aromatic ring is 1. The van der Waals surface area contributed by atoms with Crippen LogP contribution in [0.4, 0.5) is 17.1 Å². The predicted octanol–water partition coefficient (Wildman–Crippen LogP) is 4.30. The van der Waals surface area contributed by atoms with Gasteiger partial charge in [0.15, 0.2) is 0 Å². The lowest BCUT2D eigenvalue weighted by Crippen LogP contribution is -1.80. The number of nitrogens with two attached hydrogens (primary N) is 1. The molecule has 0 aliphatic heterocycles. The number of hydrogen-bond donors (Lipinski definition) is 1. The minimum atomic E-state index is 0. The zero-order valence-electron chi connectivity index (χ0n) is 8.58. The summed E-state index contributed by atoms with van der Waals surface area (Å²) in [5.74, 6) is 0. The summed E-state index contributed by atoms with van der Waals surface area (Å²) in [6.45, 7) is 0. The van der Waals surface area contributed by atoms with E-state index in [-0.39, 0.29) is 24.0 Å². The van der Waals surface area contributed by atoms with Crippen molar-refractivity contribution >= 4 is 41.0 Å². The number of hydrogen-bond acceptors (Lipinski definition) is 3. The van der Waals surface area contributed by atoms with Gasteiger partial charge in [-0.1, -0.05) is 18.2 Å². The molecule has 0 radical (unpaired) electrons. The van der Waals surface area contributed by atoms with Crippen LogP contribution < -0.4 is 5.73 Å². The highest BCUT2D eigenvalue weighted by Crippen LogP contribution is 2.18. The number of rotatable bonds is 2. The first-order valence-electron chi connectivity index (χ1n) is 4.67. The normalized spacial score (nSPS) is 10.0. The summed E-state index contributed by atoms with van der Waals surface area (Å²) >= 11 is 0. The summed E-state index contributed by atoms with van der Waals surface area (Å²) in [5, 5.41) is 8.18. The number of halogens is 1. The van der Waals surface area contributed by atoms with E-state index in [1.165, 1.54) is 0 Å². The van der Waals surface area contributed by atoms with Crippen LogP contribution >= 0.6 is 24.0 Å². The zero-order valence-corrected chi connectivity index (χ0v) is 10.9. The monoisotopic (exact) mass is 325 g/mol. The lowest BCUT2D eigenvalue weighted by molar-refractivity contribution is 1.23. The molecule has 0 saturated carbocycles. The average Bonchev–Trinajstić information content (AvgIpc) is 2.30. The van der Waals surface area contributed by atoms with Crippen molar-refractivity contribution in [3.05, 3.63) is 54.6 Å². The Hall–Kier alpha value is -1.43. The Labute approximate surface area is 111 Å². The predicted molar refractivity (Wildman–Crippen MR) is 76.9 cm³/mol. The highest BCUT2D eigenvalue weighted by atomic mass is 127. The van der Waals surface area contributed by atoms with Crippen molar-refractivity contribution in [2.24, 2.45) is 10.2 Å². The van der Waals surface area contributed by atoms with Crippen molar-refractivity contribution in [2.75, 3.05) is 5.73 Å². The summed E-state index contributed by atoms with van der Waals surface area (Å²) in [4.78, 5) is 0. The van der Waals surface area contributed by atoms with Gasteiger partial charge in [0.1, 0.15) is 0 Å². The molecule has 0 bridgehead atoms. The first-order chi connectivity index (χ1) is 7.34. The summed E-state index contributed by atoms with van der Waals surface area (Å²) in [5.41, 5.74) is 7.93. The van der Waals surface area contributed by atoms with Gasteiger partial charge in [-0.05, 0) is 36.4 Å². The van der Waals surface area contributed by atoms with Gasteiger partial charge in [0.05, 0.1) is 11.4 Å². The molecular formula is C12H12IN3. The maximum absolute atomic E-state index is 5.56. The highest BCUT2D eigenvalue weighted by molar-refractivity contribution is 14.0. The van der Waals surface area contributed by atoms with E-state index in [1.54, 1.807) is 12.1 Å². The average molecular weight is 325 g/mol. The molecule has 0 heterocycles. The van der Waals surface area contributed by atoms with Crippen molar-refractivity contribution < 1.29 is 0 Å². The Morgan fingerprint density at radius 3 is 1.75 bits per heavy atom. The Morgan fingerprint density at radius 2 is 1.19 bits per heavy atom. The molecule has 0 unspecified atom stereocenters. The third-order valence-corrected chi connectivity index (χ3v) is 1.93. The Kier molecular flexibility index (Phi) is 4.91. The fourth-order valence-electron chi connectivity index (χ4n) is 1.15. The minimum Gasteiger partial charge on any atom is -0.399 e. The Balaban J connectivity index is 0.00000128. The summed E-state index contributed by atoms with van der Waals surface area (Å²) in [7, 11) is 0. The van der Waals surface area contributed by atoms with Crippen molar-refractivity contribution in [1.29, 1.82) is 0 Å². The number of azo groups is 1. The van der Waals surface area contributed by atoms with Gasteiger partial charge in [0.2, 0.25) is 0 Å². The van der Waals surface area contributed by atoms with Crippen molar-refractivity contribution in [3.8, 4) is 0 Å². The molecule has 2 aromatic carbocycles. The largest absolute Gasteiger partial charge is 0.399 e. The topological polar surface area (TPSA) is 50.7 Å². The summed E-state index contributed by atoms with van der Waals surface area (Å²) in [6, 6.07) is 16.9. The van der Waals surface area contributed by atoms with Gasteiger partial charge in [-0.2, -0.15) is 10.2 Å². The highest BCUT2D eigenvalue weighted by Gasteiger charge is 1.89. The molecule has 0 amide bonds. The fraction of sp³-hybridized carbons (Fsp3) is 0. The number of anilines is 1. The molecule has 0 saturated heterocycles. The van der Waals surface area contributed by atoms with Crippen LogP contribution in [0.1, 0.15) is 0 Å². The van der Waals surface area contributed by atoms with Crippen LogP contribution in [-0.4, -0.2) is 0 Å². The second kappa shape index (κ2) is 6.22. The molecule has 2 rings (SSSR count). The molecule has 82 valence electrons. The van der Waals surface area contributed by atoms with Crippen LogP contribution in [0.3, 0.4) is 0 Å². The standard InChI is InChI=1S/C12H11N3.HI/c13-10-6-8-12(9-7-10)15-14-11-4-2-1-3-5-11;/h1-9H,13H2;1H. The molecule has 16 heavy (non-hydrogen) atoms. The second-order valence-corrected chi connectivity index (χ2v) is 3.13. The molecule has 2 N–H and O–H groups in total. The van der Waals surface area contributed by atoms with E-state index in [2.05, 4.69) is 10.2 Å². The lowest BCUT2D eigenvalue weighted by atomic mass is 10.3. The van der Waals surface area contributed by atoms with Gasteiger partial charge < -0.3 is 5.73 Å². The maximum atomic E-state index is 5.56. The van der Waals surface area contributed by atoms with E-state index in [9.17, 15) is 0 Å². The van der Waals surface area contributed by atoms with Gasteiger partial charge in [0.25, 0.3) is 0 Å². The Bertz CT molecular complexity index is 451. The molecule has 0 atom stereocenters. The SMILES string of the molecule is I.Nc1ccc(N=Nc2ccccc2)cc1. The number of benzene rings is 2. The first-order valence-corrected chi connectivity index (χ1v) is 4.67. The van der Waals surface area contributed by atoms with Gasteiger partial charge in [-0.3, -0.25) is 0 Å². The molecule has 2 aromatic rings. The zero-order chi connectivity index (χ0) is 10.5. The maximum Gasteiger partial charge on any atom is 0.0858 e. The quantitative estimate of drug-likeness (QED) is 0.499. The van der Waals surface area contributed by atoms with Gasteiger partial charge in [-0.15, -0.1) is 24.0 Å². The van der Waals surface area contributed by atoms with Crippen LogP contribution in [-0.2, 0) is 0 Å². The third kappa shape index (κ3) is 3.62. The first kappa shape index (κ1) is 12.6. The van der Waals surface area contributed by atoms with Crippen LogP contribution in [0, 0.1) is 0 Å². The van der Waals surface area contributed by atoms with Crippen LogP contribution in [0.15, 0.2) is 64.8 Å². The smallest absolute Gasteiger partial charge is 0.0858 e. The third-order valence-electron chi connectivity index (χ3n) is 1.93. The van der Waals surface area contributed by atoms with E-state index in [4.69, 9.17) is 5.73 Å². The van der Waals surface area contributed by atoms with E-state index >= 15 is 0 Å². The molecule has 3 nitrogen and oxygen atoms in total.